The SMILES string of the molecule is CCC(=O)CN1CC2CCCN2CC1C. The van der Waals surface area contributed by atoms with Crippen LogP contribution >= 0.6 is 0 Å². The standard InChI is InChI=1S/C12H22N2O/c1-3-12(15)9-14-8-11-5-4-6-13(11)7-10(14)2/h10-11H,3-9H2,1-2H3. The third-order valence-corrected chi connectivity index (χ3v) is 3.84. The number of hydrogen-bond donors (Lipinski definition) is 0. The molecule has 2 atom stereocenters. The topological polar surface area (TPSA) is 23.6 Å². The molecule has 0 radical (unpaired) electrons. The lowest BCUT2D eigenvalue weighted by atomic mass is 10.1. The van der Waals surface area contributed by atoms with E-state index in [1.165, 1.54) is 19.4 Å². The summed E-state index contributed by atoms with van der Waals surface area (Å²) >= 11 is 0. The zero-order valence-corrected chi connectivity index (χ0v) is 9.91. The Balaban J connectivity index is 1.92. The third-order valence-electron chi connectivity index (χ3n) is 3.84. The molecule has 0 aromatic heterocycles. The second-order valence-corrected chi connectivity index (χ2v) is 4.96. The molecular weight excluding hydrogens is 188 g/mol. The minimum Gasteiger partial charge on any atom is -0.298 e. The summed E-state index contributed by atoms with van der Waals surface area (Å²) in [5.74, 6) is 0.383. The second-order valence-electron chi connectivity index (χ2n) is 4.96. The molecule has 0 saturated carbocycles. The maximum atomic E-state index is 11.5. The summed E-state index contributed by atoms with van der Waals surface area (Å²) in [6, 6.07) is 1.28. The summed E-state index contributed by atoms with van der Waals surface area (Å²) in [6.07, 6.45) is 3.34. The predicted molar refractivity (Wildman–Crippen MR) is 60.9 cm³/mol. The molecule has 0 aromatic rings. The maximum Gasteiger partial charge on any atom is 0.146 e. The van der Waals surface area contributed by atoms with Crippen LogP contribution < -0.4 is 0 Å². The molecule has 15 heavy (non-hydrogen) atoms. The van der Waals surface area contributed by atoms with Gasteiger partial charge in [0.25, 0.3) is 0 Å². The number of nitrogens with zero attached hydrogens (tertiary/aromatic N) is 2. The maximum absolute atomic E-state index is 11.5. The molecule has 2 rings (SSSR count). The summed E-state index contributed by atoms with van der Waals surface area (Å²) in [6.45, 7) is 8.40. The summed E-state index contributed by atoms with van der Waals surface area (Å²) in [5, 5.41) is 0. The second kappa shape index (κ2) is 4.62. The van der Waals surface area contributed by atoms with Crippen LogP contribution in [0.15, 0.2) is 0 Å². The van der Waals surface area contributed by atoms with Gasteiger partial charge in [-0.1, -0.05) is 6.92 Å². The van der Waals surface area contributed by atoms with Crippen molar-refractivity contribution in [3.8, 4) is 0 Å². The van der Waals surface area contributed by atoms with E-state index in [1.54, 1.807) is 0 Å². The van der Waals surface area contributed by atoms with E-state index in [4.69, 9.17) is 0 Å². The molecule has 0 bridgehead atoms. The molecule has 3 nitrogen and oxygen atoms in total. The van der Waals surface area contributed by atoms with E-state index >= 15 is 0 Å². The van der Waals surface area contributed by atoms with Gasteiger partial charge in [-0.25, -0.2) is 0 Å². The van der Waals surface area contributed by atoms with Crippen LogP contribution in [0.5, 0.6) is 0 Å². The van der Waals surface area contributed by atoms with Crippen molar-refractivity contribution in [1.82, 2.24) is 9.80 Å². The smallest absolute Gasteiger partial charge is 0.146 e. The van der Waals surface area contributed by atoms with Crippen LogP contribution in [0, 0.1) is 0 Å². The van der Waals surface area contributed by atoms with Crippen LogP contribution in [0.4, 0.5) is 0 Å². The van der Waals surface area contributed by atoms with Gasteiger partial charge in [-0.2, -0.15) is 0 Å². The van der Waals surface area contributed by atoms with Gasteiger partial charge in [-0.05, 0) is 26.3 Å². The predicted octanol–water partition coefficient (Wildman–Crippen LogP) is 1.13. The zero-order chi connectivity index (χ0) is 10.8. The van der Waals surface area contributed by atoms with Crippen molar-refractivity contribution < 1.29 is 4.79 Å². The van der Waals surface area contributed by atoms with Crippen LogP contribution in [-0.2, 0) is 4.79 Å². The van der Waals surface area contributed by atoms with Gasteiger partial charge in [0.05, 0.1) is 6.54 Å². The van der Waals surface area contributed by atoms with Gasteiger partial charge in [0.15, 0.2) is 0 Å². The largest absolute Gasteiger partial charge is 0.298 e. The van der Waals surface area contributed by atoms with Crippen molar-refractivity contribution >= 4 is 5.78 Å². The molecule has 2 aliphatic rings. The summed E-state index contributed by atoms with van der Waals surface area (Å²) in [4.78, 5) is 16.4. The highest BCUT2D eigenvalue weighted by Gasteiger charge is 2.34. The number of rotatable bonds is 3. The summed E-state index contributed by atoms with van der Waals surface area (Å²) in [5.41, 5.74) is 0. The van der Waals surface area contributed by atoms with Gasteiger partial charge in [0.1, 0.15) is 5.78 Å². The minimum absolute atomic E-state index is 0.383. The molecule has 2 unspecified atom stereocenters. The Bertz CT molecular complexity index is 242. The lowest BCUT2D eigenvalue weighted by molar-refractivity contribution is -0.121. The zero-order valence-electron chi connectivity index (χ0n) is 9.91. The van der Waals surface area contributed by atoms with Crippen molar-refractivity contribution in [2.24, 2.45) is 0 Å². The number of piperazine rings is 1. The van der Waals surface area contributed by atoms with E-state index in [2.05, 4.69) is 16.7 Å². The fourth-order valence-electron chi connectivity index (χ4n) is 2.81. The van der Waals surface area contributed by atoms with E-state index in [1.807, 2.05) is 6.92 Å². The fourth-order valence-corrected chi connectivity index (χ4v) is 2.81. The molecule has 0 spiro atoms. The average molecular weight is 210 g/mol. The van der Waals surface area contributed by atoms with Crippen molar-refractivity contribution in [2.45, 2.75) is 45.2 Å². The summed E-state index contributed by atoms with van der Waals surface area (Å²) < 4.78 is 0. The Morgan fingerprint density at radius 2 is 2.20 bits per heavy atom. The van der Waals surface area contributed by atoms with Gasteiger partial charge in [-0.3, -0.25) is 14.6 Å². The minimum atomic E-state index is 0.383. The molecule has 0 aromatic carbocycles. The Morgan fingerprint density at radius 1 is 1.40 bits per heavy atom. The van der Waals surface area contributed by atoms with Gasteiger partial charge >= 0.3 is 0 Å². The fraction of sp³-hybridized carbons (Fsp3) is 0.917. The molecule has 2 fully saturated rings. The third kappa shape index (κ3) is 2.40. The Morgan fingerprint density at radius 3 is 2.93 bits per heavy atom. The first-order chi connectivity index (χ1) is 7.20. The highest BCUT2D eigenvalue weighted by molar-refractivity contribution is 5.80. The lowest BCUT2D eigenvalue weighted by Crippen LogP contribution is -2.55. The molecule has 2 heterocycles. The van der Waals surface area contributed by atoms with Crippen LogP contribution in [0.3, 0.4) is 0 Å². The van der Waals surface area contributed by atoms with Gasteiger partial charge in [0, 0.05) is 31.6 Å². The van der Waals surface area contributed by atoms with E-state index < -0.39 is 0 Å². The van der Waals surface area contributed by atoms with Crippen molar-refractivity contribution in [2.75, 3.05) is 26.2 Å². The van der Waals surface area contributed by atoms with Gasteiger partial charge < -0.3 is 0 Å². The van der Waals surface area contributed by atoms with E-state index in [-0.39, 0.29) is 0 Å². The monoisotopic (exact) mass is 210 g/mol. The molecule has 2 saturated heterocycles. The van der Waals surface area contributed by atoms with Crippen LogP contribution in [-0.4, -0.2) is 53.8 Å². The first kappa shape index (κ1) is 11.1. The van der Waals surface area contributed by atoms with E-state index in [0.29, 0.717) is 24.8 Å². The number of Topliss-reactive ketones (excluding diaryl/α,β-unsaturated/α-hetero) is 1. The van der Waals surface area contributed by atoms with Gasteiger partial charge in [-0.15, -0.1) is 0 Å². The Kier molecular flexibility index (Phi) is 3.42. The number of carbonyl (C=O) groups excluding carboxylic acids is 1. The highest BCUT2D eigenvalue weighted by atomic mass is 16.1. The first-order valence-electron chi connectivity index (χ1n) is 6.20. The van der Waals surface area contributed by atoms with E-state index in [0.717, 1.165) is 19.1 Å². The number of ketones is 1. The lowest BCUT2D eigenvalue weighted by Gasteiger charge is -2.41. The van der Waals surface area contributed by atoms with Crippen molar-refractivity contribution in [3.63, 3.8) is 0 Å². The van der Waals surface area contributed by atoms with Crippen LogP contribution in [0.25, 0.3) is 0 Å². The molecule has 0 aliphatic carbocycles. The van der Waals surface area contributed by atoms with Crippen LogP contribution in [0.1, 0.15) is 33.1 Å². The number of carbonyl (C=O) groups is 1. The summed E-state index contributed by atoms with van der Waals surface area (Å²) in [7, 11) is 0. The normalized spacial score (nSPS) is 32.9. The van der Waals surface area contributed by atoms with Crippen molar-refractivity contribution in [1.29, 1.82) is 0 Å². The molecular formula is C12H22N2O. The van der Waals surface area contributed by atoms with Crippen molar-refractivity contribution in [3.05, 3.63) is 0 Å². The molecule has 3 heteroatoms. The number of fused-ring (bicyclic) bond motifs is 1. The Labute approximate surface area is 92.4 Å². The molecule has 0 N–H and O–H groups in total. The van der Waals surface area contributed by atoms with E-state index in [9.17, 15) is 4.79 Å². The number of hydrogen-bond acceptors (Lipinski definition) is 3. The molecule has 0 amide bonds. The van der Waals surface area contributed by atoms with Crippen LogP contribution in [0.2, 0.25) is 0 Å². The highest BCUT2D eigenvalue weighted by Crippen LogP contribution is 2.24. The van der Waals surface area contributed by atoms with Gasteiger partial charge in [0.2, 0.25) is 0 Å². The molecule has 2 aliphatic heterocycles. The molecule has 86 valence electrons. The average Bonchev–Trinajstić information content (AvgIpc) is 2.65. The first-order valence-corrected chi connectivity index (χ1v) is 6.20. The Hall–Kier alpha value is -0.410. The quantitative estimate of drug-likeness (QED) is 0.698.